The molecule has 1 aromatic rings. The fourth-order valence-electron chi connectivity index (χ4n) is 1.52. The molecule has 0 heterocycles. The van der Waals surface area contributed by atoms with Crippen molar-refractivity contribution in [2.24, 2.45) is 0 Å². The van der Waals surface area contributed by atoms with Crippen molar-refractivity contribution in [3.63, 3.8) is 0 Å². The van der Waals surface area contributed by atoms with E-state index < -0.39 is 12.1 Å². The number of aliphatic hydroxyl groups excluding tert-OH is 1. The predicted molar refractivity (Wildman–Crippen MR) is 69.9 cm³/mol. The van der Waals surface area contributed by atoms with Gasteiger partial charge in [0.25, 0.3) is 0 Å². The Kier molecular flexibility index (Phi) is 5.82. The number of carboxylic acids is 1. The van der Waals surface area contributed by atoms with Gasteiger partial charge in [0, 0.05) is 10.8 Å². The summed E-state index contributed by atoms with van der Waals surface area (Å²) in [5.74, 6) is -0.660. The van der Waals surface area contributed by atoms with Crippen molar-refractivity contribution >= 4 is 29.3 Å². The molecular formula is C12H15ClO3S. The summed E-state index contributed by atoms with van der Waals surface area (Å²) >= 11 is 7.15. The van der Waals surface area contributed by atoms with E-state index in [1.165, 1.54) is 11.8 Å². The second-order valence-electron chi connectivity index (χ2n) is 3.65. The molecule has 1 rings (SSSR count). The van der Waals surface area contributed by atoms with Gasteiger partial charge in [0.15, 0.2) is 6.10 Å². The monoisotopic (exact) mass is 274 g/mol. The van der Waals surface area contributed by atoms with Crippen LogP contribution < -0.4 is 0 Å². The second kappa shape index (κ2) is 6.89. The Balaban J connectivity index is 3.00. The number of aryl methyl sites for hydroxylation is 1. The fraction of sp³-hybridized carbons (Fsp3) is 0.417. The van der Waals surface area contributed by atoms with Gasteiger partial charge in [-0.1, -0.05) is 6.07 Å². The molecule has 1 unspecified atom stereocenters. The van der Waals surface area contributed by atoms with Gasteiger partial charge in [0.1, 0.15) is 0 Å². The average Bonchev–Trinajstić information content (AvgIpc) is 2.34. The highest BCUT2D eigenvalue weighted by molar-refractivity contribution is 7.98. The Morgan fingerprint density at radius 2 is 2.18 bits per heavy atom. The molecule has 5 heteroatoms. The summed E-state index contributed by atoms with van der Waals surface area (Å²) in [6.45, 7) is 0. The van der Waals surface area contributed by atoms with E-state index in [9.17, 15) is 9.90 Å². The summed E-state index contributed by atoms with van der Waals surface area (Å²) in [7, 11) is 0. The van der Waals surface area contributed by atoms with Crippen molar-refractivity contribution in [1.82, 2.24) is 0 Å². The molecule has 0 radical (unpaired) electrons. The molecule has 0 fully saturated rings. The van der Waals surface area contributed by atoms with Crippen LogP contribution in [0.3, 0.4) is 0 Å². The van der Waals surface area contributed by atoms with Crippen LogP contribution in [0.4, 0.5) is 0 Å². The largest absolute Gasteiger partial charge is 0.479 e. The smallest absolute Gasteiger partial charge is 0.337 e. The number of hydrogen-bond acceptors (Lipinski definition) is 3. The van der Waals surface area contributed by atoms with Crippen LogP contribution >= 0.6 is 23.4 Å². The highest BCUT2D eigenvalue weighted by Gasteiger charge is 2.17. The molecule has 0 bridgehead atoms. The lowest BCUT2D eigenvalue weighted by atomic mass is 10.0. The molecule has 17 heavy (non-hydrogen) atoms. The highest BCUT2D eigenvalue weighted by atomic mass is 35.5. The Bertz CT molecular complexity index is 395. The zero-order valence-corrected chi connectivity index (χ0v) is 11.1. The summed E-state index contributed by atoms with van der Waals surface area (Å²) in [6.07, 6.45) is 2.08. The van der Waals surface area contributed by atoms with Gasteiger partial charge >= 0.3 is 5.97 Å². The maximum absolute atomic E-state index is 10.7. The van der Waals surface area contributed by atoms with E-state index in [0.717, 1.165) is 23.3 Å². The van der Waals surface area contributed by atoms with Crippen molar-refractivity contribution in [3.8, 4) is 0 Å². The molecule has 0 spiro atoms. The number of rotatable bonds is 6. The van der Waals surface area contributed by atoms with E-state index in [4.69, 9.17) is 16.7 Å². The van der Waals surface area contributed by atoms with Crippen molar-refractivity contribution < 1.29 is 15.0 Å². The van der Waals surface area contributed by atoms with E-state index >= 15 is 0 Å². The molecule has 1 aromatic carbocycles. The van der Waals surface area contributed by atoms with Crippen LogP contribution in [0.1, 0.15) is 23.7 Å². The number of hydrogen-bond donors (Lipinski definition) is 2. The fourth-order valence-corrected chi connectivity index (χ4v) is 2.18. The number of aliphatic hydroxyl groups is 1. The SMILES string of the molecule is CSc1cc(CCCCl)cc(C(O)C(=O)O)c1. The molecular weight excluding hydrogens is 260 g/mol. The van der Waals surface area contributed by atoms with E-state index in [1.54, 1.807) is 12.1 Å². The van der Waals surface area contributed by atoms with Gasteiger partial charge in [-0.15, -0.1) is 23.4 Å². The summed E-state index contributed by atoms with van der Waals surface area (Å²) in [4.78, 5) is 11.7. The normalized spacial score (nSPS) is 12.4. The Morgan fingerprint density at radius 1 is 1.47 bits per heavy atom. The Morgan fingerprint density at radius 3 is 2.71 bits per heavy atom. The summed E-state index contributed by atoms with van der Waals surface area (Å²) in [6, 6.07) is 5.42. The number of alkyl halides is 1. The molecule has 94 valence electrons. The number of benzene rings is 1. The average molecular weight is 275 g/mol. The molecule has 0 aliphatic carbocycles. The van der Waals surface area contributed by atoms with Crippen LogP contribution in [0, 0.1) is 0 Å². The highest BCUT2D eigenvalue weighted by Crippen LogP contribution is 2.24. The third-order valence-electron chi connectivity index (χ3n) is 2.37. The van der Waals surface area contributed by atoms with Crippen molar-refractivity contribution in [2.75, 3.05) is 12.1 Å². The van der Waals surface area contributed by atoms with Crippen LogP contribution in [-0.2, 0) is 11.2 Å². The molecule has 1 atom stereocenters. The number of aliphatic carboxylic acids is 1. The van der Waals surface area contributed by atoms with E-state index in [1.807, 2.05) is 12.3 Å². The molecule has 0 saturated carbocycles. The van der Waals surface area contributed by atoms with Crippen LogP contribution in [0.2, 0.25) is 0 Å². The third-order valence-corrected chi connectivity index (χ3v) is 3.35. The van der Waals surface area contributed by atoms with Gasteiger partial charge in [-0.05, 0) is 42.4 Å². The number of halogens is 1. The van der Waals surface area contributed by atoms with Crippen LogP contribution in [0.25, 0.3) is 0 Å². The standard InChI is InChI=1S/C12H15ClO3S/c1-17-10-6-8(3-2-4-13)5-9(7-10)11(14)12(15)16/h5-7,11,14H,2-4H2,1H3,(H,15,16). The lowest BCUT2D eigenvalue weighted by Crippen LogP contribution is -2.11. The van der Waals surface area contributed by atoms with Crippen LogP contribution in [-0.4, -0.2) is 28.3 Å². The lowest BCUT2D eigenvalue weighted by Gasteiger charge is -2.10. The molecule has 0 aliphatic heterocycles. The minimum atomic E-state index is -1.46. The first-order chi connectivity index (χ1) is 8.08. The van der Waals surface area contributed by atoms with E-state index in [-0.39, 0.29) is 0 Å². The zero-order valence-electron chi connectivity index (χ0n) is 9.52. The topological polar surface area (TPSA) is 57.5 Å². The molecule has 0 aromatic heterocycles. The predicted octanol–water partition coefficient (Wildman–Crippen LogP) is 2.70. The van der Waals surface area contributed by atoms with Gasteiger partial charge in [-0.3, -0.25) is 0 Å². The molecule has 0 amide bonds. The van der Waals surface area contributed by atoms with Crippen LogP contribution in [0.15, 0.2) is 23.1 Å². The second-order valence-corrected chi connectivity index (χ2v) is 4.91. The van der Waals surface area contributed by atoms with E-state index in [0.29, 0.717) is 11.4 Å². The first kappa shape index (κ1) is 14.4. The lowest BCUT2D eigenvalue weighted by molar-refractivity contribution is -0.146. The van der Waals surface area contributed by atoms with Gasteiger partial charge in [0.05, 0.1) is 0 Å². The summed E-state index contributed by atoms with van der Waals surface area (Å²) < 4.78 is 0. The molecule has 0 aliphatic rings. The van der Waals surface area contributed by atoms with Gasteiger partial charge < -0.3 is 10.2 Å². The number of thioether (sulfide) groups is 1. The van der Waals surface area contributed by atoms with Gasteiger partial charge in [-0.25, -0.2) is 4.79 Å². The maximum Gasteiger partial charge on any atom is 0.337 e. The van der Waals surface area contributed by atoms with Crippen molar-refractivity contribution in [2.45, 2.75) is 23.8 Å². The zero-order chi connectivity index (χ0) is 12.8. The summed E-state index contributed by atoms with van der Waals surface area (Å²) in [5, 5.41) is 18.3. The minimum absolute atomic E-state index is 0.425. The van der Waals surface area contributed by atoms with Crippen molar-refractivity contribution in [3.05, 3.63) is 29.3 Å². The van der Waals surface area contributed by atoms with E-state index in [2.05, 4.69) is 0 Å². The Hall–Kier alpha value is -0.710. The number of carbonyl (C=O) groups is 1. The quantitative estimate of drug-likeness (QED) is 0.619. The first-order valence-corrected chi connectivity index (χ1v) is 6.99. The minimum Gasteiger partial charge on any atom is -0.479 e. The summed E-state index contributed by atoms with van der Waals surface area (Å²) in [5.41, 5.74) is 1.43. The number of carboxylic acid groups (broad SMARTS) is 1. The van der Waals surface area contributed by atoms with Crippen LogP contribution in [0.5, 0.6) is 0 Å². The first-order valence-electron chi connectivity index (χ1n) is 5.23. The van der Waals surface area contributed by atoms with Gasteiger partial charge in [-0.2, -0.15) is 0 Å². The third kappa shape index (κ3) is 4.22. The van der Waals surface area contributed by atoms with Crippen molar-refractivity contribution in [1.29, 1.82) is 0 Å². The molecule has 3 nitrogen and oxygen atoms in total. The molecule has 0 saturated heterocycles. The van der Waals surface area contributed by atoms with Gasteiger partial charge in [0.2, 0.25) is 0 Å². The Labute approximate surface area is 110 Å². The molecule has 2 N–H and O–H groups in total. The maximum atomic E-state index is 10.7.